The van der Waals surface area contributed by atoms with Gasteiger partial charge in [-0.15, -0.1) is 0 Å². The van der Waals surface area contributed by atoms with Crippen molar-refractivity contribution in [1.29, 1.82) is 0 Å². The second kappa shape index (κ2) is 7.64. The molecular weight excluding hydrogens is 275 g/mol. The molecule has 0 spiro atoms. The predicted octanol–water partition coefficient (Wildman–Crippen LogP) is 4.60. The lowest BCUT2D eigenvalue weighted by Gasteiger charge is -2.05. The van der Waals surface area contributed by atoms with Crippen LogP contribution >= 0.6 is 0 Å². The number of aryl methyl sites for hydroxylation is 1. The summed E-state index contributed by atoms with van der Waals surface area (Å²) in [7, 11) is 0. The smallest absolute Gasteiger partial charge is 0.146 e. The molecule has 0 aliphatic heterocycles. The van der Waals surface area contributed by atoms with Crippen molar-refractivity contribution in [2.75, 3.05) is 5.73 Å². The van der Waals surface area contributed by atoms with Gasteiger partial charge in [-0.1, -0.05) is 50.1 Å². The first kappa shape index (κ1) is 16.1. The van der Waals surface area contributed by atoms with Crippen LogP contribution in [0.5, 0.6) is 0 Å². The van der Waals surface area contributed by atoms with E-state index in [1.54, 1.807) is 18.2 Å². The van der Waals surface area contributed by atoms with E-state index in [4.69, 9.17) is 11.5 Å². The van der Waals surface area contributed by atoms with Crippen LogP contribution in [-0.2, 0) is 6.42 Å². The van der Waals surface area contributed by atoms with Crippen LogP contribution < -0.4 is 11.5 Å². The zero-order chi connectivity index (χ0) is 15.9. The van der Waals surface area contributed by atoms with Gasteiger partial charge in [-0.3, -0.25) is 0 Å². The minimum Gasteiger partial charge on any atom is -0.398 e. The van der Waals surface area contributed by atoms with Crippen molar-refractivity contribution < 1.29 is 4.39 Å². The third-order valence-electron chi connectivity index (χ3n) is 3.70. The number of nitrogens with two attached hydrogens (primary N) is 2. The monoisotopic (exact) mass is 298 g/mol. The van der Waals surface area contributed by atoms with Gasteiger partial charge < -0.3 is 11.5 Å². The fourth-order valence-electron chi connectivity index (χ4n) is 2.34. The Labute approximate surface area is 131 Å². The van der Waals surface area contributed by atoms with Gasteiger partial charge in [0.1, 0.15) is 5.82 Å². The first-order valence-corrected chi connectivity index (χ1v) is 7.71. The summed E-state index contributed by atoms with van der Waals surface area (Å²) < 4.78 is 13.4. The second-order valence-corrected chi connectivity index (χ2v) is 5.53. The topological polar surface area (TPSA) is 52.0 Å². The highest BCUT2D eigenvalue weighted by Crippen LogP contribution is 2.18. The van der Waals surface area contributed by atoms with E-state index in [-0.39, 0.29) is 5.69 Å². The van der Waals surface area contributed by atoms with Crippen molar-refractivity contribution in [3.63, 3.8) is 0 Å². The Hall–Kier alpha value is -2.29. The standard InChI is InChI=1S/C19H23FN2/c1-2-3-4-5-14-6-9-16(10-7-14)19(22)13-15-8-11-18(21)17(20)12-15/h6-13H,2-5,21-22H2,1H3/b19-13-. The van der Waals surface area contributed by atoms with Crippen LogP contribution in [0.3, 0.4) is 0 Å². The Balaban J connectivity index is 2.09. The molecular formula is C19H23FN2. The fraction of sp³-hybridized carbons (Fsp3) is 0.263. The van der Waals surface area contributed by atoms with Gasteiger partial charge in [0.25, 0.3) is 0 Å². The summed E-state index contributed by atoms with van der Waals surface area (Å²) in [6.45, 7) is 2.20. The Morgan fingerprint density at radius 2 is 1.82 bits per heavy atom. The van der Waals surface area contributed by atoms with E-state index in [2.05, 4.69) is 19.1 Å². The van der Waals surface area contributed by atoms with Gasteiger partial charge in [0.2, 0.25) is 0 Å². The molecule has 2 aromatic carbocycles. The lowest BCUT2D eigenvalue weighted by molar-refractivity contribution is 0.632. The minimum atomic E-state index is -0.423. The molecule has 0 atom stereocenters. The lowest BCUT2D eigenvalue weighted by Crippen LogP contribution is -1.97. The molecule has 2 aromatic rings. The molecule has 0 saturated carbocycles. The Kier molecular flexibility index (Phi) is 5.59. The molecule has 0 aliphatic rings. The van der Waals surface area contributed by atoms with Gasteiger partial charge in [0.05, 0.1) is 5.69 Å². The van der Waals surface area contributed by atoms with E-state index in [1.165, 1.54) is 30.9 Å². The highest BCUT2D eigenvalue weighted by atomic mass is 19.1. The summed E-state index contributed by atoms with van der Waals surface area (Å²) in [5.74, 6) is -0.423. The summed E-state index contributed by atoms with van der Waals surface area (Å²) in [5, 5.41) is 0. The highest BCUT2D eigenvalue weighted by Gasteiger charge is 2.01. The van der Waals surface area contributed by atoms with Crippen molar-refractivity contribution in [3.8, 4) is 0 Å². The quantitative estimate of drug-likeness (QED) is 0.465. The van der Waals surface area contributed by atoms with Gasteiger partial charge in [0, 0.05) is 5.70 Å². The average Bonchev–Trinajstić information content (AvgIpc) is 2.52. The van der Waals surface area contributed by atoms with E-state index in [0.717, 1.165) is 12.0 Å². The third kappa shape index (κ3) is 4.35. The van der Waals surface area contributed by atoms with Crippen molar-refractivity contribution in [3.05, 3.63) is 65.0 Å². The summed E-state index contributed by atoms with van der Waals surface area (Å²) in [6.07, 6.45) is 6.56. The normalized spacial score (nSPS) is 11.6. The van der Waals surface area contributed by atoms with Crippen molar-refractivity contribution in [2.45, 2.75) is 32.6 Å². The zero-order valence-corrected chi connectivity index (χ0v) is 13.0. The molecule has 0 fully saturated rings. The molecule has 0 radical (unpaired) electrons. The fourth-order valence-corrected chi connectivity index (χ4v) is 2.34. The maximum absolute atomic E-state index is 13.4. The molecule has 0 heterocycles. The first-order valence-electron chi connectivity index (χ1n) is 7.71. The molecule has 0 amide bonds. The Morgan fingerprint density at radius 3 is 2.45 bits per heavy atom. The SMILES string of the molecule is CCCCCc1ccc(/C(N)=C/c2ccc(N)c(F)c2)cc1. The van der Waals surface area contributed by atoms with Crippen molar-refractivity contribution in [2.24, 2.45) is 5.73 Å². The van der Waals surface area contributed by atoms with Crippen LogP contribution in [0.2, 0.25) is 0 Å². The van der Waals surface area contributed by atoms with Gasteiger partial charge in [-0.05, 0) is 47.7 Å². The number of anilines is 1. The zero-order valence-electron chi connectivity index (χ0n) is 13.0. The molecule has 116 valence electrons. The van der Waals surface area contributed by atoms with E-state index in [9.17, 15) is 4.39 Å². The number of rotatable bonds is 6. The average molecular weight is 298 g/mol. The number of benzene rings is 2. The minimum absolute atomic E-state index is 0.146. The second-order valence-electron chi connectivity index (χ2n) is 5.53. The molecule has 0 aliphatic carbocycles. The molecule has 0 bridgehead atoms. The van der Waals surface area contributed by atoms with Crippen LogP contribution in [0, 0.1) is 5.82 Å². The highest BCUT2D eigenvalue weighted by molar-refractivity contribution is 5.79. The first-order chi connectivity index (χ1) is 10.6. The molecule has 0 unspecified atom stereocenters. The molecule has 0 aromatic heterocycles. The molecule has 2 nitrogen and oxygen atoms in total. The largest absolute Gasteiger partial charge is 0.398 e. The molecule has 2 rings (SSSR count). The van der Waals surface area contributed by atoms with Crippen LogP contribution in [-0.4, -0.2) is 0 Å². The summed E-state index contributed by atoms with van der Waals surface area (Å²) in [4.78, 5) is 0. The molecule has 3 heteroatoms. The summed E-state index contributed by atoms with van der Waals surface area (Å²) >= 11 is 0. The van der Waals surface area contributed by atoms with Gasteiger partial charge in [0.15, 0.2) is 0 Å². The number of hydrogen-bond acceptors (Lipinski definition) is 2. The molecule has 0 saturated heterocycles. The number of hydrogen-bond donors (Lipinski definition) is 2. The maximum atomic E-state index is 13.4. The predicted molar refractivity (Wildman–Crippen MR) is 92.5 cm³/mol. The molecule has 4 N–H and O–H groups in total. The Bertz CT molecular complexity index is 645. The lowest BCUT2D eigenvalue weighted by atomic mass is 10.0. The van der Waals surface area contributed by atoms with E-state index >= 15 is 0 Å². The summed E-state index contributed by atoms with van der Waals surface area (Å²) in [6, 6.07) is 12.9. The number of nitrogen functional groups attached to an aromatic ring is 1. The van der Waals surface area contributed by atoms with Crippen LogP contribution in [0.4, 0.5) is 10.1 Å². The number of halogens is 1. The number of unbranched alkanes of at least 4 members (excludes halogenated alkanes) is 2. The Morgan fingerprint density at radius 1 is 1.09 bits per heavy atom. The van der Waals surface area contributed by atoms with Crippen LogP contribution in [0.15, 0.2) is 42.5 Å². The van der Waals surface area contributed by atoms with E-state index in [0.29, 0.717) is 11.3 Å². The maximum Gasteiger partial charge on any atom is 0.146 e. The van der Waals surface area contributed by atoms with Crippen molar-refractivity contribution >= 4 is 17.5 Å². The van der Waals surface area contributed by atoms with Crippen LogP contribution in [0.1, 0.15) is 42.9 Å². The van der Waals surface area contributed by atoms with E-state index in [1.807, 2.05) is 12.1 Å². The van der Waals surface area contributed by atoms with E-state index < -0.39 is 5.82 Å². The molecule has 22 heavy (non-hydrogen) atoms. The summed E-state index contributed by atoms with van der Waals surface area (Å²) in [5.41, 5.74) is 15.3. The van der Waals surface area contributed by atoms with Gasteiger partial charge in [-0.25, -0.2) is 4.39 Å². The third-order valence-corrected chi connectivity index (χ3v) is 3.70. The van der Waals surface area contributed by atoms with Gasteiger partial charge >= 0.3 is 0 Å². The van der Waals surface area contributed by atoms with Crippen molar-refractivity contribution in [1.82, 2.24) is 0 Å². The van der Waals surface area contributed by atoms with Crippen LogP contribution in [0.25, 0.3) is 11.8 Å². The van der Waals surface area contributed by atoms with Gasteiger partial charge in [-0.2, -0.15) is 0 Å².